The lowest BCUT2D eigenvalue weighted by molar-refractivity contribution is -0.907. The summed E-state index contributed by atoms with van der Waals surface area (Å²) < 4.78 is 0.744. The summed E-state index contributed by atoms with van der Waals surface area (Å²) in [5.74, 6) is -0.382. The molecule has 140 valence electrons. The van der Waals surface area contributed by atoms with Crippen LogP contribution in [-0.2, 0) is 16.1 Å². The van der Waals surface area contributed by atoms with Crippen LogP contribution in [0.1, 0.15) is 22.9 Å². The molecule has 1 unspecified atom stereocenters. The Morgan fingerprint density at radius 2 is 1.85 bits per heavy atom. The lowest BCUT2D eigenvalue weighted by Crippen LogP contribution is -3.12. The zero-order valence-electron chi connectivity index (χ0n) is 15.5. The number of thiophene rings is 1. The molecule has 1 aromatic heterocycles. The van der Waals surface area contributed by atoms with Gasteiger partial charge in [-0.15, -0.1) is 11.3 Å². The fourth-order valence-corrected chi connectivity index (χ4v) is 3.80. The summed E-state index contributed by atoms with van der Waals surface area (Å²) in [6.45, 7) is 6.40. The molecular formula is C19H25ClN3O2S+. The van der Waals surface area contributed by atoms with Crippen LogP contribution in [0.3, 0.4) is 0 Å². The smallest absolute Gasteiger partial charge is 0.278 e. The minimum Gasteiger partial charge on any atom is -0.342 e. The summed E-state index contributed by atoms with van der Waals surface area (Å²) in [7, 11) is 1.95. The number of rotatable bonds is 7. The van der Waals surface area contributed by atoms with Crippen molar-refractivity contribution in [2.75, 3.05) is 18.9 Å². The van der Waals surface area contributed by atoms with Crippen LogP contribution >= 0.6 is 22.9 Å². The van der Waals surface area contributed by atoms with Gasteiger partial charge in [0.1, 0.15) is 6.54 Å². The number of hydrogen-bond donors (Lipinski definition) is 3. The van der Waals surface area contributed by atoms with Crippen LogP contribution in [0.5, 0.6) is 0 Å². The molecule has 0 aliphatic heterocycles. The van der Waals surface area contributed by atoms with E-state index in [1.165, 1.54) is 11.3 Å². The third kappa shape index (κ3) is 5.56. The minimum atomic E-state index is -0.274. The van der Waals surface area contributed by atoms with Gasteiger partial charge in [0.15, 0.2) is 6.04 Å². The Kier molecular flexibility index (Phi) is 7.20. The molecule has 0 saturated heterocycles. The molecule has 2 aromatic rings. The van der Waals surface area contributed by atoms with E-state index in [0.29, 0.717) is 6.54 Å². The summed E-state index contributed by atoms with van der Waals surface area (Å²) in [6, 6.07) is 9.39. The minimum absolute atomic E-state index is 0.0466. The van der Waals surface area contributed by atoms with Crippen LogP contribution in [-0.4, -0.2) is 31.4 Å². The van der Waals surface area contributed by atoms with E-state index in [1.54, 1.807) is 0 Å². The van der Waals surface area contributed by atoms with Crippen molar-refractivity contribution in [3.05, 3.63) is 50.7 Å². The summed E-state index contributed by atoms with van der Waals surface area (Å²) in [4.78, 5) is 26.7. The summed E-state index contributed by atoms with van der Waals surface area (Å²) in [6.07, 6.45) is 0. The predicted molar refractivity (Wildman–Crippen MR) is 107 cm³/mol. The second kappa shape index (κ2) is 9.16. The van der Waals surface area contributed by atoms with Crippen molar-refractivity contribution in [2.45, 2.75) is 33.4 Å². The second-order valence-electron chi connectivity index (χ2n) is 6.48. The van der Waals surface area contributed by atoms with E-state index < -0.39 is 0 Å². The largest absolute Gasteiger partial charge is 0.342 e. The molecule has 26 heavy (non-hydrogen) atoms. The highest BCUT2D eigenvalue weighted by Crippen LogP contribution is 2.20. The molecule has 0 saturated carbocycles. The van der Waals surface area contributed by atoms with Crippen molar-refractivity contribution in [1.82, 2.24) is 5.32 Å². The van der Waals surface area contributed by atoms with Crippen molar-refractivity contribution in [3.63, 3.8) is 0 Å². The molecule has 5 nitrogen and oxygen atoms in total. The molecule has 7 heteroatoms. The van der Waals surface area contributed by atoms with Gasteiger partial charge in [-0.1, -0.05) is 29.8 Å². The van der Waals surface area contributed by atoms with Gasteiger partial charge in [-0.05, 0) is 44.0 Å². The van der Waals surface area contributed by atoms with Crippen molar-refractivity contribution < 1.29 is 14.5 Å². The number of anilines is 1. The molecule has 0 bridgehead atoms. The number of benzene rings is 1. The van der Waals surface area contributed by atoms with E-state index >= 15 is 0 Å². The molecular weight excluding hydrogens is 370 g/mol. The number of para-hydroxylation sites is 1. The fraction of sp³-hybridized carbons (Fsp3) is 0.368. The van der Waals surface area contributed by atoms with Gasteiger partial charge >= 0.3 is 0 Å². The summed E-state index contributed by atoms with van der Waals surface area (Å²) >= 11 is 7.46. The Morgan fingerprint density at radius 1 is 1.19 bits per heavy atom. The highest BCUT2D eigenvalue weighted by Gasteiger charge is 2.23. The van der Waals surface area contributed by atoms with Gasteiger partial charge in [-0.2, -0.15) is 0 Å². The molecule has 0 fully saturated rings. The molecule has 0 aliphatic carbocycles. The predicted octanol–water partition coefficient (Wildman–Crippen LogP) is 2.18. The van der Waals surface area contributed by atoms with E-state index in [-0.39, 0.29) is 24.4 Å². The first-order chi connectivity index (χ1) is 12.3. The molecule has 3 N–H and O–H groups in total. The Labute approximate surface area is 163 Å². The number of halogens is 1. The van der Waals surface area contributed by atoms with Crippen LogP contribution in [0.15, 0.2) is 30.3 Å². The number of aryl methyl sites for hydroxylation is 2. The van der Waals surface area contributed by atoms with Gasteiger partial charge in [0.05, 0.1) is 22.8 Å². The van der Waals surface area contributed by atoms with Crippen molar-refractivity contribution in [2.24, 2.45) is 0 Å². The number of carbonyl (C=O) groups is 2. The van der Waals surface area contributed by atoms with Crippen LogP contribution in [0.2, 0.25) is 4.34 Å². The third-order valence-electron chi connectivity index (χ3n) is 4.38. The van der Waals surface area contributed by atoms with Gasteiger partial charge in [-0.3, -0.25) is 9.59 Å². The monoisotopic (exact) mass is 394 g/mol. The lowest BCUT2D eigenvalue weighted by Gasteiger charge is -2.20. The zero-order valence-corrected chi connectivity index (χ0v) is 17.1. The van der Waals surface area contributed by atoms with Crippen LogP contribution < -0.4 is 15.5 Å². The molecule has 2 amide bonds. The van der Waals surface area contributed by atoms with Gasteiger partial charge in [-0.25, -0.2) is 0 Å². The maximum absolute atomic E-state index is 12.3. The molecule has 2 rings (SSSR count). The molecule has 0 aliphatic rings. The Hall–Kier alpha value is -1.89. The van der Waals surface area contributed by atoms with Crippen LogP contribution in [0.4, 0.5) is 5.69 Å². The second-order valence-corrected chi connectivity index (χ2v) is 8.28. The first-order valence-electron chi connectivity index (χ1n) is 8.48. The molecule has 0 radical (unpaired) electrons. The summed E-state index contributed by atoms with van der Waals surface area (Å²) in [5, 5.41) is 5.59. The number of nitrogens with one attached hydrogen (secondary N) is 3. The Bertz CT molecular complexity index is 771. The fourth-order valence-electron chi connectivity index (χ4n) is 2.61. The highest BCUT2D eigenvalue weighted by atomic mass is 35.5. The number of quaternary nitrogens is 1. The number of likely N-dealkylation sites (N-methyl/N-ethyl adjacent to an activating group) is 1. The van der Waals surface area contributed by atoms with Crippen LogP contribution in [0.25, 0.3) is 0 Å². The van der Waals surface area contributed by atoms with Gasteiger partial charge in [0.25, 0.3) is 5.91 Å². The zero-order chi connectivity index (χ0) is 19.3. The average Bonchev–Trinajstić information content (AvgIpc) is 3.00. The SMILES string of the molecule is Cc1cccc(C)c1NC(=O)CNC(=O)[C@@H](C)[NH+](C)Cc1ccc(Cl)s1. The van der Waals surface area contributed by atoms with Crippen molar-refractivity contribution >= 4 is 40.4 Å². The van der Waals surface area contributed by atoms with Crippen LogP contribution in [0, 0.1) is 13.8 Å². The van der Waals surface area contributed by atoms with Gasteiger partial charge in [0.2, 0.25) is 5.91 Å². The van der Waals surface area contributed by atoms with Gasteiger partial charge < -0.3 is 15.5 Å². The molecule has 1 heterocycles. The first-order valence-corrected chi connectivity index (χ1v) is 9.67. The lowest BCUT2D eigenvalue weighted by atomic mass is 10.1. The Balaban J connectivity index is 1.84. The van der Waals surface area contributed by atoms with E-state index in [1.807, 2.05) is 58.2 Å². The van der Waals surface area contributed by atoms with E-state index in [9.17, 15) is 9.59 Å². The first kappa shape index (κ1) is 20.4. The molecule has 2 atom stereocenters. The van der Waals surface area contributed by atoms with Gasteiger partial charge in [0, 0.05) is 5.69 Å². The Morgan fingerprint density at radius 3 is 2.42 bits per heavy atom. The topological polar surface area (TPSA) is 62.6 Å². The molecule has 0 spiro atoms. The maximum atomic E-state index is 12.3. The number of amides is 2. The average molecular weight is 395 g/mol. The number of hydrogen-bond acceptors (Lipinski definition) is 3. The van der Waals surface area contributed by atoms with E-state index in [2.05, 4.69) is 10.6 Å². The molecule has 1 aromatic carbocycles. The van der Waals surface area contributed by atoms with E-state index in [4.69, 9.17) is 11.6 Å². The van der Waals surface area contributed by atoms with Crippen molar-refractivity contribution in [1.29, 1.82) is 0 Å². The maximum Gasteiger partial charge on any atom is 0.278 e. The van der Waals surface area contributed by atoms with Crippen molar-refractivity contribution in [3.8, 4) is 0 Å². The van der Waals surface area contributed by atoms with E-state index in [0.717, 1.165) is 30.9 Å². The normalized spacial score (nSPS) is 13.1. The number of carbonyl (C=O) groups excluding carboxylic acids is 2. The quantitative estimate of drug-likeness (QED) is 0.674. The third-order valence-corrected chi connectivity index (χ3v) is 5.61. The standard InChI is InChI=1S/C19H24ClN3O2S/c1-12-6-5-7-13(2)18(12)22-17(24)10-21-19(25)14(3)23(4)11-15-8-9-16(20)26-15/h5-9,14H,10-11H2,1-4H3,(H,21,25)(H,22,24)/p+1/t14-/m1/s1. The summed E-state index contributed by atoms with van der Waals surface area (Å²) in [5.41, 5.74) is 2.80. The highest BCUT2D eigenvalue weighted by molar-refractivity contribution is 7.16.